The predicted molar refractivity (Wildman–Crippen MR) is 62.6 cm³/mol. The quantitative estimate of drug-likeness (QED) is 0.922. The van der Waals surface area contributed by atoms with Crippen molar-refractivity contribution in [2.45, 2.75) is 10.1 Å². The molecular formula is C8H6BrN3S2. The minimum absolute atomic E-state index is 0.500. The average molecular weight is 288 g/mol. The number of anilines is 1. The molecule has 0 atom stereocenters. The molecule has 0 aliphatic carbocycles. The molecule has 1 heterocycles. The highest BCUT2D eigenvalue weighted by molar-refractivity contribution is 9.10. The van der Waals surface area contributed by atoms with E-state index < -0.39 is 0 Å². The first-order valence-corrected chi connectivity index (χ1v) is 6.15. The Morgan fingerprint density at radius 2 is 2.14 bits per heavy atom. The molecule has 0 aliphatic heterocycles. The van der Waals surface area contributed by atoms with Gasteiger partial charge in [-0.25, -0.2) is 0 Å². The van der Waals surface area contributed by atoms with E-state index in [-0.39, 0.29) is 0 Å². The van der Waals surface area contributed by atoms with Gasteiger partial charge < -0.3 is 5.73 Å². The first kappa shape index (κ1) is 9.95. The van der Waals surface area contributed by atoms with E-state index in [1.165, 1.54) is 23.3 Å². The number of rotatable bonds is 2. The molecule has 0 bridgehead atoms. The second-order valence-electron chi connectivity index (χ2n) is 2.45. The van der Waals surface area contributed by atoms with E-state index in [4.69, 9.17) is 5.73 Å². The lowest BCUT2D eigenvalue weighted by atomic mass is 10.4. The molecular weight excluding hydrogens is 282 g/mol. The van der Waals surface area contributed by atoms with Crippen molar-refractivity contribution in [1.82, 2.24) is 9.36 Å². The minimum atomic E-state index is 0.500. The zero-order chi connectivity index (χ0) is 9.97. The van der Waals surface area contributed by atoms with Crippen LogP contribution in [0.15, 0.2) is 38.8 Å². The highest BCUT2D eigenvalue weighted by Crippen LogP contribution is 2.32. The van der Waals surface area contributed by atoms with Crippen LogP contribution in [0.25, 0.3) is 0 Å². The van der Waals surface area contributed by atoms with Crippen molar-refractivity contribution >= 4 is 44.4 Å². The van der Waals surface area contributed by atoms with Crippen LogP contribution in [-0.2, 0) is 0 Å². The zero-order valence-corrected chi connectivity index (χ0v) is 10.2. The van der Waals surface area contributed by atoms with Crippen LogP contribution in [0.5, 0.6) is 0 Å². The lowest BCUT2D eigenvalue weighted by Gasteiger charge is -1.98. The topological polar surface area (TPSA) is 51.8 Å². The number of nitrogens with zero attached hydrogens (tertiary/aromatic N) is 2. The zero-order valence-electron chi connectivity index (χ0n) is 6.98. The molecule has 0 saturated carbocycles. The number of benzene rings is 1. The van der Waals surface area contributed by atoms with Gasteiger partial charge in [-0.3, -0.25) is 0 Å². The molecule has 6 heteroatoms. The molecule has 3 nitrogen and oxygen atoms in total. The van der Waals surface area contributed by atoms with Gasteiger partial charge in [0.1, 0.15) is 0 Å². The maximum absolute atomic E-state index is 5.49. The molecule has 14 heavy (non-hydrogen) atoms. The predicted octanol–water partition coefficient (Wildman–Crippen LogP) is 3.03. The van der Waals surface area contributed by atoms with Crippen molar-refractivity contribution in [2.24, 2.45) is 0 Å². The van der Waals surface area contributed by atoms with E-state index in [0.717, 1.165) is 9.37 Å². The molecule has 0 fully saturated rings. The standard InChI is InChI=1S/C8H6BrN3S2/c9-5-3-1-2-4-6(5)13-8-11-7(10)14-12-8/h1-4H,(H2,10,11,12). The fraction of sp³-hybridized carbons (Fsp3) is 0. The first-order valence-electron chi connectivity index (χ1n) is 3.77. The van der Waals surface area contributed by atoms with Gasteiger partial charge in [0.2, 0.25) is 10.3 Å². The molecule has 0 radical (unpaired) electrons. The second-order valence-corrected chi connectivity index (χ2v) is 5.09. The Kier molecular flexibility index (Phi) is 3.05. The van der Waals surface area contributed by atoms with Gasteiger partial charge in [0.15, 0.2) is 0 Å². The van der Waals surface area contributed by atoms with Crippen LogP contribution in [0.3, 0.4) is 0 Å². The van der Waals surface area contributed by atoms with E-state index in [2.05, 4.69) is 25.3 Å². The summed E-state index contributed by atoms with van der Waals surface area (Å²) in [5.41, 5.74) is 5.49. The van der Waals surface area contributed by atoms with Crippen LogP contribution in [0.4, 0.5) is 5.13 Å². The van der Waals surface area contributed by atoms with Crippen LogP contribution in [0, 0.1) is 0 Å². The van der Waals surface area contributed by atoms with Crippen molar-refractivity contribution in [2.75, 3.05) is 5.73 Å². The molecule has 2 aromatic rings. The number of hydrogen-bond acceptors (Lipinski definition) is 5. The van der Waals surface area contributed by atoms with Gasteiger partial charge in [-0.1, -0.05) is 12.1 Å². The summed E-state index contributed by atoms with van der Waals surface area (Å²) in [6.45, 7) is 0. The maximum Gasteiger partial charge on any atom is 0.206 e. The normalized spacial score (nSPS) is 10.4. The van der Waals surface area contributed by atoms with Gasteiger partial charge in [0.25, 0.3) is 0 Å². The minimum Gasteiger partial charge on any atom is -0.374 e. The van der Waals surface area contributed by atoms with Crippen LogP contribution in [0.2, 0.25) is 0 Å². The summed E-state index contributed by atoms with van der Waals surface area (Å²) in [6.07, 6.45) is 0. The van der Waals surface area contributed by atoms with E-state index in [9.17, 15) is 0 Å². The van der Waals surface area contributed by atoms with Crippen molar-refractivity contribution < 1.29 is 0 Å². The number of hydrogen-bond donors (Lipinski definition) is 1. The van der Waals surface area contributed by atoms with Crippen LogP contribution in [0.1, 0.15) is 0 Å². The van der Waals surface area contributed by atoms with Crippen molar-refractivity contribution in [1.29, 1.82) is 0 Å². The van der Waals surface area contributed by atoms with Gasteiger partial charge >= 0.3 is 0 Å². The highest BCUT2D eigenvalue weighted by atomic mass is 79.9. The molecule has 0 saturated heterocycles. The Morgan fingerprint density at radius 1 is 1.36 bits per heavy atom. The molecule has 0 aliphatic rings. The maximum atomic E-state index is 5.49. The Labute approximate surface area is 98.0 Å². The molecule has 0 unspecified atom stereocenters. The lowest BCUT2D eigenvalue weighted by molar-refractivity contribution is 1.08. The average Bonchev–Trinajstić information content (AvgIpc) is 2.56. The third kappa shape index (κ3) is 2.26. The van der Waals surface area contributed by atoms with Gasteiger partial charge in [-0.15, -0.1) is 0 Å². The van der Waals surface area contributed by atoms with E-state index >= 15 is 0 Å². The Balaban J connectivity index is 2.23. The van der Waals surface area contributed by atoms with Gasteiger partial charge in [-0.2, -0.15) is 9.36 Å². The molecule has 0 spiro atoms. The van der Waals surface area contributed by atoms with Gasteiger partial charge in [0.05, 0.1) is 0 Å². The van der Waals surface area contributed by atoms with Gasteiger partial charge in [0, 0.05) is 20.9 Å². The Hall–Kier alpha value is -0.590. The number of halogens is 1. The smallest absolute Gasteiger partial charge is 0.206 e. The molecule has 2 rings (SSSR count). The molecule has 1 aromatic carbocycles. The SMILES string of the molecule is Nc1nc(Sc2ccccc2Br)ns1. The summed E-state index contributed by atoms with van der Waals surface area (Å²) in [5.74, 6) is 0. The van der Waals surface area contributed by atoms with E-state index in [0.29, 0.717) is 10.3 Å². The fourth-order valence-corrected chi connectivity index (χ4v) is 2.73. The molecule has 0 amide bonds. The molecule has 2 N–H and O–H groups in total. The number of nitrogens with two attached hydrogens (primary N) is 1. The Bertz CT molecular complexity index is 444. The summed E-state index contributed by atoms with van der Waals surface area (Å²) < 4.78 is 5.14. The van der Waals surface area contributed by atoms with Crippen molar-refractivity contribution in [3.8, 4) is 0 Å². The van der Waals surface area contributed by atoms with Crippen LogP contribution < -0.4 is 5.73 Å². The highest BCUT2D eigenvalue weighted by Gasteiger charge is 2.05. The monoisotopic (exact) mass is 287 g/mol. The van der Waals surface area contributed by atoms with Gasteiger partial charge in [-0.05, 0) is 39.8 Å². The summed E-state index contributed by atoms with van der Waals surface area (Å²) in [6, 6.07) is 7.93. The third-order valence-electron chi connectivity index (χ3n) is 1.46. The van der Waals surface area contributed by atoms with E-state index in [1.807, 2.05) is 24.3 Å². The summed E-state index contributed by atoms with van der Waals surface area (Å²) in [7, 11) is 0. The summed E-state index contributed by atoms with van der Waals surface area (Å²) >= 11 is 6.16. The lowest BCUT2D eigenvalue weighted by Crippen LogP contribution is -1.81. The third-order valence-corrected chi connectivity index (χ3v) is 4.01. The second kappa shape index (κ2) is 4.29. The molecule has 72 valence electrons. The van der Waals surface area contributed by atoms with Crippen LogP contribution >= 0.6 is 39.2 Å². The number of nitrogen functional groups attached to an aromatic ring is 1. The summed E-state index contributed by atoms with van der Waals surface area (Å²) in [4.78, 5) is 5.16. The first-order chi connectivity index (χ1) is 6.75. The Morgan fingerprint density at radius 3 is 2.79 bits per heavy atom. The summed E-state index contributed by atoms with van der Waals surface area (Å²) in [5, 5.41) is 1.19. The fourth-order valence-electron chi connectivity index (χ4n) is 0.888. The molecule has 1 aromatic heterocycles. The van der Waals surface area contributed by atoms with E-state index in [1.54, 1.807) is 0 Å². The number of aromatic nitrogens is 2. The largest absolute Gasteiger partial charge is 0.374 e. The van der Waals surface area contributed by atoms with Crippen molar-refractivity contribution in [3.63, 3.8) is 0 Å². The van der Waals surface area contributed by atoms with Crippen molar-refractivity contribution in [3.05, 3.63) is 28.7 Å². The van der Waals surface area contributed by atoms with Crippen LogP contribution in [-0.4, -0.2) is 9.36 Å².